The van der Waals surface area contributed by atoms with E-state index in [0.29, 0.717) is 5.22 Å². The normalized spacial score (nSPS) is 10.6. The minimum Gasteiger partial charge on any atom is -0.448 e. The highest BCUT2D eigenvalue weighted by molar-refractivity contribution is 6.28. The molecule has 0 radical (unpaired) electrons. The summed E-state index contributed by atoms with van der Waals surface area (Å²) in [7, 11) is 0. The van der Waals surface area contributed by atoms with Crippen LogP contribution in [0, 0.1) is 0 Å². The molecule has 0 saturated carbocycles. The van der Waals surface area contributed by atoms with Gasteiger partial charge in [0.2, 0.25) is 0 Å². The van der Waals surface area contributed by atoms with Gasteiger partial charge in [0.25, 0.3) is 0 Å². The zero-order valence-electron chi connectivity index (χ0n) is 8.95. The number of hydrogen-bond acceptors (Lipinski definition) is 2. The molecular weight excluding hydrogens is 222 g/mol. The van der Waals surface area contributed by atoms with Crippen LogP contribution in [0.3, 0.4) is 0 Å². The number of furan rings is 1. The van der Waals surface area contributed by atoms with Crippen molar-refractivity contribution < 1.29 is 4.42 Å². The highest BCUT2D eigenvalue weighted by atomic mass is 35.5. The Morgan fingerprint density at radius 1 is 1.06 bits per heavy atom. The zero-order chi connectivity index (χ0) is 11.2. The molecule has 1 N–H and O–H groups in total. The molecule has 2 nitrogen and oxygen atoms in total. The van der Waals surface area contributed by atoms with Gasteiger partial charge in [0, 0.05) is 0 Å². The molecule has 0 bridgehead atoms. The lowest BCUT2D eigenvalue weighted by Crippen LogP contribution is -2.16. The molecule has 3 heteroatoms. The maximum absolute atomic E-state index is 5.67. The molecule has 0 aliphatic carbocycles. The predicted octanol–water partition coefficient (Wildman–Crippen LogP) is 3.27. The Bertz CT molecular complexity index is 425. The van der Waals surface area contributed by atoms with Crippen LogP contribution in [-0.4, -0.2) is 6.54 Å². The molecular formula is C13H14ClNO. The van der Waals surface area contributed by atoms with E-state index in [1.54, 1.807) is 6.07 Å². The molecule has 0 spiro atoms. The van der Waals surface area contributed by atoms with Gasteiger partial charge in [-0.25, -0.2) is 0 Å². The molecule has 0 saturated heterocycles. The first-order chi connectivity index (χ1) is 7.84. The van der Waals surface area contributed by atoms with Gasteiger partial charge in [-0.05, 0) is 42.3 Å². The fourth-order valence-electron chi connectivity index (χ4n) is 1.54. The summed E-state index contributed by atoms with van der Waals surface area (Å²) in [5, 5.41) is 3.76. The van der Waals surface area contributed by atoms with E-state index >= 15 is 0 Å². The lowest BCUT2D eigenvalue weighted by molar-refractivity contribution is 0.486. The monoisotopic (exact) mass is 235 g/mol. The Kier molecular flexibility index (Phi) is 4.03. The van der Waals surface area contributed by atoms with E-state index in [2.05, 4.69) is 29.6 Å². The molecule has 0 atom stereocenters. The second kappa shape index (κ2) is 5.73. The largest absolute Gasteiger partial charge is 0.448 e. The van der Waals surface area contributed by atoms with E-state index in [4.69, 9.17) is 16.0 Å². The Labute approximate surface area is 100 Å². The summed E-state index contributed by atoms with van der Waals surface area (Å²) in [4.78, 5) is 0. The van der Waals surface area contributed by atoms with Crippen LogP contribution in [0.2, 0.25) is 5.22 Å². The first kappa shape index (κ1) is 11.2. The van der Waals surface area contributed by atoms with Gasteiger partial charge >= 0.3 is 0 Å². The third kappa shape index (κ3) is 3.40. The highest BCUT2D eigenvalue weighted by Gasteiger charge is 1.98. The van der Waals surface area contributed by atoms with Crippen molar-refractivity contribution in [2.45, 2.75) is 13.0 Å². The molecule has 0 unspecified atom stereocenters. The summed E-state index contributed by atoms with van der Waals surface area (Å²) in [6.45, 7) is 1.65. The van der Waals surface area contributed by atoms with Gasteiger partial charge in [0.05, 0.1) is 6.54 Å². The molecule has 84 valence electrons. The smallest absolute Gasteiger partial charge is 0.193 e. The van der Waals surface area contributed by atoms with E-state index in [0.717, 1.165) is 25.3 Å². The standard InChI is InChI=1S/C13H14ClNO/c14-13-7-6-12(16-13)10-15-9-8-11-4-2-1-3-5-11/h1-7,15H,8-10H2. The van der Waals surface area contributed by atoms with Crippen LogP contribution in [0.5, 0.6) is 0 Å². The Morgan fingerprint density at radius 2 is 1.88 bits per heavy atom. The molecule has 0 aliphatic heterocycles. The average Bonchev–Trinajstić information content (AvgIpc) is 2.72. The van der Waals surface area contributed by atoms with E-state index < -0.39 is 0 Å². The number of benzene rings is 1. The number of hydrogen-bond donors (Lipinski definition) is 1. The summed E-state index contributed by atoms with van der Waals surface area (Å²) >= 11 is 5.67. The van der Waals surface area contributed by atoms with E-state index in [9.17, 15) is 0 Å². The minimum atomic E-state index is 0.444. The maximum Gasteiger partial charge on any atom is 0.193 e. The van der Waals surface area contributed by atoms with Crippen molar-refractivity contribution in [3.05, 3.63) is 59.0 Å². The Hall–Kier alpha value is -1.25. The van der Waals surface area contributed by atoms with Crippen molar-refractivity contribution in [3.8, 4) is 0 Å². The van der Waals surface area contributed by atoms with Crippen LogP contribution in [0.25, 0.3) is 0 Å². The SMILES string of the molecule is Clc1ccc(CNCCc2ccccc2)o1. The van der Waals surface area contributed by atoms with Crippen LogP contribution < -0.4 is 5.32 Å². The van der Waals surface area contributed by atoms with Crippen molar-refractivity contribution in [3.63, 3.8) is 0 Å². The van der Waals surface area contributed by atoms with Crippen LogP contribution in [0.1, 0.15) is 11.3 Å². The highest BCUT2D eigenvalue weighted by Crippen LogP contribution is 2.12. The van der Waals surface area contributed by atoms with E-state index in [1.165, 1.54) is 5.56 Å². The van der Waals surface area contributed by atoms with Crippen LogP contribution in [0.4, 0.5) is 0 Å². The topological polar surface area (TPSA) is 25.2 Å². The fourth-order valence-corrected chi connectivity index (χ4v) is 1.70. The van der Waals surface area contributed by atoms with Crippen molar-refractivity contribution in [2.24, 2.45) is 0 Å². The quantitative estimate of drug-likeness (QED) is 0.805. The second-order valence-corrected chi connectivity index (χ2v) is 3.99. The van der Waals surface area contributed by atoms with E-state index in [1.807, 2.05) is 12.1 Å². The van der Waals surface area contributed by atoms with Crippen molar-refractivity contribution in [1.29, 1.82) is 0 Å². The Balaban J connectivity index is 1.69. The lowest BCUT2D eigenvalue weighted by atomic mass is 10.1. The summed E-state index contributed by atoms with van der Waals surface area (Å²) < 4.78 is 5.24. The number of rotatable bonds is 5. The van der Waals surface area contributed by atoms with Gasteiger partial charge in [-0.2, -0.15) is 0 Å². The van der Waals surface area contributed by atoms with Crippen LogP contribution >= 0.6 is 11.6 Å². The van der Waals surface area contributed by atoms with Crippen molar-refractivity contribution >= 4 is 11.6 Å². The predicted molar refractivity (Wildman–Crippen MR) is 65.6 cm³/mol. The molecule has 0 amide bonds. The van der Waals surface area contributed by atoms with Crippen LogP contribution in [0.15, 0.2) is 46.9 Å². The first-order valence-corrected chi connectivity index (χ1v) is 5.71. The minimum absolute atomic E-state index is 0.444. The lowest BCUT2D eigenvalue weighted by Gasteiger charge is -2.02. The van der Waals surface area contributed by atoms with Gasteiger partial charge in [-0.3, -0.25) is 0 Å². The van der Waals surface area contributed by atoms with Gasteiger partial charge in [0.15, 0.2) is 5.22 Å². The second-order valence-electron chi connectivity index (χ2n) is 3.62. The van der Waals surface area contributed by atoms with Gasteiger partial charge in [-0.15, -0.1) is 0 Å². The van der Waals surface area contributed by atoms with Gasteiger partial charge in [-0.1, -0.05) is 30.3 Å². The molecule has 0 aliphatic rings. The van der Waals surface area contributed by atoms with Crippen LogP contribution in [-0.2, 0) is 13.0 Å². The summed E-state index contributed by atoms with van der Waals surface area (Å²) in [5.74, 6) is 0.873. The van der Waals surface area contributed by atoms with E-state index in [-0.39, 0.29) is 0 Å². The molecule has 2 rings (SSSR count). The van der Waals surface area contributed by atoms with Gasteiger partial charge < -0.3 is 9.73 Å². The molecule has 16 heavy (non-hydrogen) atoms. The Morgan fingerprint density at radius 3 is 2.56 bits per heavy atom. The fraction of sp³-hybridized carbons (Fsp3) is 0.231. The van der Waals surface area contributed by atoms with Gasteiger partial charge in [0.1, 0.15) is 5.76 Å². The number of halogens is 1. The summed E-state index contributed by atoms with van der Waals surface area (Å²) in [6.07, 6.45) is 1.02. The van der Waals surface area contributed by atoms with Crippen molar-refractivity contribution in [2.75, 3.05) is 6.54 Å². The maximum atomic E-state index is 5.67. The average molecular weight is 236 g/mol. The molecule has 2 aromatic rings. The molecule has 1 aromatic carbocycles. The third-order valence-electron chi connectivity index (χ3n) is 2.36. The molecule has 0 fully saturated rings. The number of nitrogens with one attached hydrogen (secondary N) is 1. The van der Waals surface area contributed by atoms with Crippen molar-refractivity contribution in [1.82, 2.24) is 5.32 Å². The molecule has 1 aromatic heterocycles. The third-order valence-corrected chi connectivity index (χ3v) is 2.56. The zero-order valence-corrected chi connectivity index (χ0v) is 9.70. The molecule has 1 heterocycles. The summed E-state index contributed by atoms with van der Waals surface area (Å²) in [5.41, 5.74) is 1.34. The summed E-state index contributed by atoms with van der Waals surface area (Å²) in [6, 6.07) is 14.1. The first-order valence-electron chi connectivity index (χ1n) is 5.33.